The van der Waals surface area contributed by atoms with Crippen molar-refractivity contribution >= 4 is 6.03 Å². The van der Waals surface area contributed by atoms with Crippen LogP contribution in [0.1, 0.15) is 0 Å². The van der Waals surface area contributed by atoms with Crippen molar-refractivity contribution in [3.8, 4) is 0 Å². The Morgan fingerprint density at radius 2 is 2.25 bits per heavy atom. The highest BCUT2D eigenvalue weighted by Gasteiger charge is 2.20. The second-order valence-electron chi connectivity index (χ2n) is 3.63. The van der Waals surface area contributed by atoms with E-state index in [0.29, 0.717) is 26.2 Å². The van der Waals surface area contributed by atoms with E-state index in [0.717, 1.165) is 0 Å². The van der Waals surface area contributed by atoms with Crippen molar-refractivity contribution in [1.29, 1.82) is 0 Å². The Kier molecular flexibility index (Phi) is 5.41. The molecule has 2 amide bonds. The zero-order valence-corrected chi connectivity index (χ0v) is 9.03. The Labute approximate surface area is 93.0 Å². The SMILES string of the molecule is O=C1NCCN1CCN(CCO)CC(F)F. The van der Waals surface area contributed by atoms with Gasteiger partial charge in [-0.15, -0.1) is 0 Å². The van der Waals surface area contributed by atoms with E-state index in [1.54, 1.807) is 4.90 Å². The van der Waals surface area contributed by atoms with Gasteiger partial charge in [-0.2, -0.15) is 0 Å². The molecular formula is C9H17F2N3O2. The summed E-state index contributed by atoms with van der Waals surface area (Å²) < 4.78 is 24.3. The molecule has 7 heteroatoms. The van der Waals surface area contributed by atoms with Crippen molar-refractivity contribution in [3.05, 3.63) is 0 Å². The van der Waals surface area contributed by atoms with Gasteiger partial charge in [-0.05, 0) is 0 Å². The lowest BCUT2D eigenvalue weighted by Gasteiger charge is -2.23. The number of hydrogen-bond donors (Lipinski definition) is 2. The zero-order valence-electron chi connectivity index (χ0n) is 9.03. The van der Waals surface area contributed by atoms with Crippen molar-refractivity contribution in [2.75, 3.05) is 45.9 Å². The summed E-state index contributed by atoms with van der Waals surface area (Å²) in [6.07, 6.45) is -2.42. The highest BCUT2D eigenvalue weighted by molar-refractivity contribution is 5.76. The van der Waals surface area contributed by atoms with Crippen LogP contribution >= 0.6 is 0 Å². The van der Waals surface area contributed by atoms with Crippen LogP contribution in [0.2, 0.25) is 0 Å². The van der Waals surface area contributed by atoms with Crippen LogP contribution in [-0.4, -0.2) is 73.2 Å². The quantitative estimate of drug-likeness (QED) is 0.632. The Morgan fingerprint density at radius 3 is 2.75 bits per heavy atom. The summed E-state index contributed by atoms with van der Waals surface area (Å²) in [6.45, 7) is 1.68. The molecule has 1 fully saturated rings. The van der Waals surface area contributed by atoms with Gasteiger partial charge >= 0.3 is 6.03 Å². The summed E-state index contributed by atoms with van der Waals surface area (Å²) in [5, 5.41) is 11.4. The van der Waals surface area contributed by atoms with Gasteiger partial charge in [-0.3, -0.25) is 4.90 Å². The summed E-state index contributed by atoms with van der Waals surface area (Å²) in [5.74, 6) is 0. The molecule has 0 spiro atoms. The molecule has 1 aliphatic heterocycles. The van der Waals surface area contributed by atoms with E-state index in [-0.39, 0.29) is 25.7 Å². The lowest BCUT2D eigenvalue weighted by Crippen LogP contribution is -2.40. The monoisotopic (exact) mass is 237 g/mol. The molecular weight excluding hydrogens is 220 g/mol. The van der Waals surface area contributed by atoms with Crippen LogP contribution in [-0.2, 0) is 0 Å². The first kappa shape index (κ1) is 13.1. The molecule has 0 aromatic heterocycles. The third kappa shape index (κ3) is 4.28. The average molecular weight is 237 g/mol. The smallest absolute Gasteiger partial charge is 0.317 e. The molecule has 1 rings (SSSR count). The number of amides is 2. The average Bonchev–Trinajstić information content (AvgIpc) is 2.60. The number of carbonyl (C=O) groups is 1. The molecule has 94 valence electrons. The van der Waals surface area contributed by atoms with Crippen LogP contribution in [0.15, 0.2) is 0 Å². The van der Waals surface area contributed by atoms with Crippen molar-refractivity contribution in [2.24, 2.45) is 0 Å². The van der Waals surface area contributed by atoms with E-state index in [4.69, 9.17) is 5.11 Å². The lowest BCUT2D eigenvalue weighted by molar-refractivity contribution is 0.0751. The fraction of sp³-hybridized carbons (Fsp3) is 0.889. The van der Waals surface area contributed by atoms with Gasteiger partial charge in [-0.1, -0.05) is 0 Å². The van der Waals surface area contributed by atoms with Crippen LogP contribution in [0.4, 0.5) is 13.6 Å². The molecule has 0 aromatic carbocycles. The number of halogens is 2. The third-order valence-electron chi connectivity index (χ3n) is 2.44. The van der Waals surface area contributed by atoms with Gasteiger partial charge in [0, 0.05) is 32.7 Å². The second kappa shape index (κ2) is 6.59. The zero-order chi connectivity index (χ0) is 12.0. The van der Waals surface area contributed by atoms with Gasteiger partial charge in [0.15, 0.2) is 0 Å². The number of nitrogens with zero attached hydrogens (tertiary/aromatic N) is 2. The molecule has 0 radical (unpaired) electrons. The largest absolute Gasteiger partial charge is 0.395 e. The van der Waals surface area contributed by atoms with Gasteiger partial charge in [0.05, 0.1) is 13.2 Å². The van der Waals surface area contributed by atoms with Crippen molar-refractivity contribution in [2.45, 2.75) is 6.43 Å². The van der Waals surface area contributed by atoms with Crippen molar-refractivity contribution in [1.82, 2.24) is 15.1 Å². The van der Waals surface area contributed by atoms with E-state index in [1.165, 1.54) is 4.90 Å². The number of aliphatic hydroxyl groups is 1. The standard InChI is InChI=1S/C9H17F2N3O2/c10-8(11)7-13(5-6-15)3-4-14-2-1-12-9(14)16/h8,15H,1-7H2,(H,12,16). The molecule has 1 heterocycles. The first-order valence-electron chi connectivity index (χ1n) is 5.27. The Bertz CT molecular complexity index is 229. The Hall–Kier alpha value is -0.950. The van der Waals surface area contributed by atoms with E-state index >= 15 is 0 Å². The third-order valence-corrected chi connectivity index (χ3v) is 2.44. The van der Waals surface area contributed by atoms with Crippen LogP contribution < -0.4 is 5.32 Å². The molecule has 0 saturated carbocycles. The lowest BCUT2D eigenvalue weighted by atomic mass is 10.4. The number of hydrogen-bond acceptors (Lipinski definition) is 3. The van der Waals surface area contributed by atoms with E-state index < -0.39 is 6.43 Å². The van der Waals surface area contributed by atoms with Crippen molar-refractivity contribution < 1.29 is 18.7 Å². The van der Waals surface area contributed by atoms with Crippen LogP contribution in [0, 0.1) is 0 Å². The molecule has 0 unspecified atom stereocenters. The van der Waals surface area contributed by atoms with Crippen LogP contribution in [0.3, 0.4) is 0 Å². The molecule has 1 saturated heterocycles. The topological polar surface area (TPSA) is 55.8 Å². The Balaban J connectivity index is 2.28. The van der Waals surface area contributed by atoms with Gasteiger partial charge in [-0.25, -0.2) is 13.6 Å². The predicted molar refractivity (Wildman–Crippen MR) is 54.5 cm³/mol. The van der Waals surface area contributed by atoms with Gasteiger partial charge in [0.1, 0.15) is 0 Å². The van der Waals surface area contributed by atoms with Gasteiger partial charge in [0.2, 0.25) is 0 Å². The van der Waals surface area contributed by atoms with Gasteiger partial charge in [0.25, 0.3) is 6.43 Å². The molecule has 16 heavy (non-hydrogen) atoms. The molecule has 5 nitrogen and oxygen atoms in total. The molecule has 0 atom stereocenters. The maximum absolute atomic E-state index is 12.2. The normalized spacial score (nSPS) is 16.3. The maximum atomic E-state index is 12.2. The summed E-state index contributed by atoms with van der Waals surface area (Å²) >= 11 is 0. The molecule has 1 aliphatic rings. The summed E-state index contributed by atoms with van der Waals surface area (Å²) in [7, 11) is 0. The molecule has 0 bridgehead atoms. The molecule has 0 aromatic rings. The first-order chi connectivity index (χ1) is 7.63. The number of urea groups is 1. The van der Waals surface area contributed by atoms with Gasteiger partial charge < -0.3 is 15.3 Å². The fourth-order valence-electron chi connectivity index (χ4n) is 1.62. The number of carbonyl (C=O) groups excluding carboxylic acids is 1. The predicted octanol–water partition coefficient (Wildman–Crippen LogP) is -0.429. The van der Waals surface area contributed by atoms with E-state index in [2.05, 4.69) is 5.32 Å². The fourth-order valence-corrected chi connectivity index (χ4v) is 1.62. The highest BCUT2D eigenvalue weighted by atomic mass is 19.3. The summed E-state index contributed by atoms with van der Waals surface area (Å²) in [4.78, 5) is 14.2. The van der Waals surface area contributed by atoms with Crippen LogP contribution in [0.25, 0.3) is 0 Å². The number of aliphatic hydroxyl groups excluding tert-OH is 1. The molecule has 0 aliphatic carbocycles. The summed E-state index contributed by atoms with van der Waals surface area (Å²) in [5.41, 5.74) is 0. The molecule has 2 N–H and O–H groups in total. The highest BCUT2D eigenvalue weighted by Crippen LogP contribution is 2.01. The van der Waals surface area contributed by atoms with Crippen molar-refractivity contribution in [3.63, 3.8) is 0 Å². The minimum absolute atomic E-state index is 0.152. The summed E-state index contributed by atoms with van der Waals surface area (Å²) in [6, 6.07) is -0.152. The maximum Gasteiger partial charge on any atom is 0.317 e. The minimum atomic E-state index is -2.42. The Morgan fingerprint density at radius 1 is 1.50 bits per heavy atom. The van der Waals surface area contributed by atoms with Crippen LogP contribution in [0.5, 0.6) is 0 Å². The van der Waals surface area contributed by atoms with E-state index in [9.17, 15) is 13.6 Å². The number of nitrogens with one attached hydrogen (secondary N) is 1. The number of alkyl halides is 2. The minimum Gasteiger partial charge on any atom is -0.395 e. The van der Waals surface area contributed by atoms with E-state index in [1.807, 2.05) is 0 Å². The second-order valence-corrected chi connectivity index (χ2v) is 3.63. The number of rotatable bonds is 7. The first-order valence-corrected chi connectivity index (χ1v) is 5.27.